The van der Waals surface area contributed by atoms with Crippen LogP contribution < -0.4 is 21.2 Å². The summed E-state index contributed by atoms with van der Waals surface area (Å²) in [4.78, 5) is 0. The summed E-state index contributed by atoms with van der Waals surface area (Å²) < 4.78 is 15.3. The monoisotopic (exact) mass is 709 g/mol. The smallest absolute Gasteiger partial charge is 0.0616 e. The van der Waals surface area contributed by atoms with E-state index < -0.39 is 7.80 Å². The van der Waals surface area contributed by atoms with E-state index in [2.05, 4.69) is 192 Å². The molecule has 0 aliphatic heterocycles. The molecule has 51 heavy (non-hydrogen) atoms. The lowest BCUT2D eigenvalue weighted by atomic mass is 9.81. The van der Waals surface area contributed by atoms with Crippen molar-refractivity contribution in [2.24, 2.45) is 0 Å². The first-order valence-corrected chi connectivity index (χ1v) is 20.6. The lowest BCUT2D eigenvalue weighted by Crippen LogP contribution is -2.22. The first-order valence-electron chi connectivity index (χ1n) is 18.3. The van der Waals surface area contributed by atoms with E-state index in [1.807, 2.05) is 0 Å². The number of fused-ring (bicyclic) bond motifs is 2. The third kappa shape index (κ3) is 7.77. The van der Waals surface area contributed by atoms with Crippen LogP contribution in [0.3, 0.4) is 0 Å². The molecular formula is C48H55OP2+. The molecule has 0 N–H and O–H groups in total. The van der Waals surface area contributed by atoms with Crippen molar-refractivity contribution in [3.8, 4) is 11.1 Å². The predicted octanol–water partition coefficient (Wildman–Crippen LogP) is 12.3. The lowest BCUT2D eigenvalue weighted by Gasteiger charge is -2.26. The maximum absolute atomic E-state index is 15.3. The van der Waals surface area contributed by atoms with E-state index in [1.165, 1.54) is 49.2 Å². The van der Waals surface area contributed by atoms with Gasteiger partial charge in [-0.1, -0.05) is 181 Å². The minimum absolute atomic E-state index is 0.0292. The molecule has 6 aromatic rings. The van der Waals surface area contributed by atoms with Crippen molar-refractivity contribution in [3.05, 3.63) is 131 Å². The van der Waals surface area contributed by atoms with Crippen LogP contribution in [0, 0.1) is 0 Å². The SMILES string of the molecule is CC(C)(C)c1cc(Pc2ccc3ccccc3c2-c2c([P+](=O)c3cc(C(C)(C)C)cc(C(C)(C)C)c3)ccc3ccccc23)cc(C(C)(C)C)c1. The average molecular weight is 710 g/mol. The second-order valence-electron chi connectivity index (χ2n) is 18.4. The zero-order valence-electron chi connectivity index (χ0n) is 32.7. The highest BCUT2D eigenvalue weighted by atomic mass is 31.1. The van der Waals surface area contributed by atoms with Gasteiger partial charge in [0.15, 0.2) is 5.30 Å². The third-order valence-electron chi connectivity index (χ3n) is 10.1. The molecule has 0 aliphatic rings. The molecule has 2 atom stereocenters. The summed E-state index contributed by atoms with van der Waals surface area (Å²) in [5.41, 5.74) is 7.36. The molecule has 0 saturated carbocycles. The Morgan fingerprint density at radius 3 is 1.33 bits per heavy atom. The summed E-state index contributed by atoms with van der Waals surface area (Å²) in [6.45, 7) is 27.3. The van der Waals surface area contributed by atoms with E-state index in [1.54, 1.807) is 0 Å². The minimum atomic E-state index is -1.93. The highest BCUT2D eigenvalue weighted by Crippen LogP contribution is 2.40. The topological polar surface area (TPSA) is 17.1 Å². The largest absolute Gasteiger partial charge is 0.415 e. The Hall–Kier alpha value is -3.63. The van der Waals surface area contributed by atoms with Crippen LogP contribution in [0.1, 0.15) is 105 Å². The van der Waals surface area contributed by atoms with Crippen molar-refractivity contribution < 1.29 is 4.57 Å². The molecule has 0 saturated heterocycles. The molecule has 0 spiro atoms. The Bertz CT molecular complexity index is 2220. The van der Waals surface area contributed by atoms with E-state index in [-0.39, 0.29) is 21.7 Å². The van der Waals surface area contributed by atoms with Crippen molar-refractivity contribution in [3.63, 3.8) is 0 Å². The number of rotatable bonds is 5. The molecule has 0 fully saturated rings. The number of hydrogen-bond donors (Lipinski definition) is 0. The second-order valence-corrected chi connectivity index (χ2v) is 21.3. The van der Waals surface area contributed by atoms with E-state index in [9.17, 15) is 0 Å². The fourth-order valence-electron chi connectivity index (χ4n) is 6.79. The van der Waals surface area contributed by atoms with Crippen molar-refractivity contribution in [2.75, 3.05) is 0 Å². The van der Waals surface area contributed by atoms with Gasteiger partial charge in [0.25, 0.3) is 0 Å². The van der Waals surface area contributed by atoms with E-state index >= 15 is 4.57 Å². The van der Waals surface area contributed by atoms with Crippen molar-refractivity contribution in [1.82, 2.24) is 0 Å². The van der Waals surface area contributed by atoms with Crippen LogP contribution >= 0.6 is 16.4 Å². The van der Waals surface area contributed by atoms with Crippen LogP contribution in [0.4, 0.5) is 0 Å². The number of hydrogen-bond acceptors (Lipinski definition) is 1. The van der Waals surface area contributed by atoms with Gasteiger partial charge in [-0.3, -0.25) is 0 Å². The van der Waals surface area contributed by atoms with Crippen LogP contribution in [-0.2, 0) is 26.2 Å². The summed E-state index contributed by atoms with van der Waals surface area (Å²) in [7, 11) is -1.50. The van der Waals surface area contributed by atoms with Crippen LogP contribution in [0.5, 0.6) is 0 Å². The molecule has 0 heterocycles. The summed E-state index contributed by atoms with van der Waals surface area (Å²) in [6.07, 6.45) is 0. The van der Waals surface area contributed by atoms with Crippen molar-refractivity contribution >= 4 is 59.1 Å². The average Bonchev–Trinajstić information content (AvgIpc) is 3.05. The van der Waals surface area contributed by atoms with Crippen molar-refractivity contribution in [1.29, 1.82) is 0 Å². The molecule has 6 rings (SSSR count). The van der Waals surface area contributed by atoms with Gasteiger partial charge >= 0.3 is 7.80 Å². The molecule has 262 valence electrons. The first-order chi connectivity index (χ1) is 23.7. The molecule has 0 aromatic heterocycles. The molecule has 0 aliphatic carbocycles. The minimum Gasteiger partial charge on any atom is -0.0616 e. The van der Waals surface area contributed by atoms with Gasteiger partial charge in [-0.15, -0.1) is 0 Å². The molecule has 3 heteroatoms. The fraction of sp³-hybridized carbons (Fsp3) is 0.333. The molecule has 1 nitrogen and oxygen atoms in total. The van der Waals surface area contributed by atoms with Crippen LogP contribution in [0.15, 0.2) is 109 Å². The molecular weight excluding hydrogens is 654 g/mol. The van der Waals surface area contributed by atoms with Crippen LogP contribution in [0.25, 0.3) is 32.7 Å². The van der Waals surface area contributed by atoms with Crippen molar-refractivity contribution in [2.45, 2.75) is 105 Å². The Labute approximate surface area is 309 Å². The summed E-state index contributed by atoms with van der Waals surface area (Å²) in [5, 5.41) is 9.10. The maximum atomic E-state index is 15.3. The highest BCUT2D eigenvalue weighted by Gasteiger charge is 2.34. The second kappa shape index (κ2) is 13.4. The number of benzene rings is 6. The zero-order valence-corrected chi connectivity index (χ0v) is 34.6. The Morgan fingerprint density at radius 1 is 0.451 bits per heavy atom. The Balaban J connectivity index is 1.66. The van der Waals surface area contributed by atoms with E-state index in [0.29, 0.717) is 8.58 Å². The molecule has 0 radical (unpaired) electrons. The summed E-state index contributed by atoms with van der Waals surface area (Å²) in [5.74, 6) is 0. The van der Waals surface area contributed by atoms with E-state index in [0.717, 1.165) is 26.9 Å². The standard InChI is InChI=1S/C48H55OP2/c1-45(2,3)33-25-34(46(4,5)6)28-37(27-33)50-41-23-21-31-17-13-15-19-39(31)43(41)44-40-20-16-14-18-32(40)22-24-42(44)51(49)38-29-35(47(7,8)9)26-36(30-38)48(10,11)12/h13-30,50H,1-12H3/q+1. The van der Waals surface area contributed by atoms with Gasteiger partial charge in [0.2, 0.25) is 5.30 Å². The predicted molar refractivity (Wildman–Crippen MR) is 229 cm³/mol. The summed E-state index contributed by atoms with van der Waals surface area (Å²) in [6, 6.07) is 40.2. The Kier molecular flexibility index (Phi) is 9.76. The van der Waals surface area contributed by atoms with Gasteiger partial charge in [0.05, 0.1) is 0 Å². The van der Waals surface area contributed by atoms with Gasteiger partial charge in [-0.2, -0.15) is 0 Å². The Morgan fingerprint density at radius 2 is 0.863 bits per heavy atom. The quantitative estimate of drug-likeness (QED) is 0.163. The zero-order chi connectivity index (χ0) is 37.1. The lowest BCUT2D eigenvalue weighted by molar-refractivity contribution is 0.568. The fourth-order valence-corrected chi connectivity index (χ4v) is 9.55. The highest BCUT2D eigenvalue weighted by molar-refractivity contribution is 7.62. The normalized spacial score (nSPS) is 13.5. The maximum Gasteiger partial charge on any atom is 0.415 e. The first kappa shape index (κ1) is 37.1. The molecule has 6 aromatic carbocycles. The summed E-state index contributed by atoms with van der Waals surface area (Å²) >= 11 is 0. The molecule has 2 unspecified atom stereocenters. The van der Waals surface area contributed by atoms with Gasteiger partial charge in [-0.05, 0) is 100 Å². The van der Waals surface area contributed by atoms with Gasteiger partial charge in [-0.25, -0.2) is 0 Å². The van der Waals surface area contributed by atoms with Gasteiger partial charge < -0.3 is 0 Å². The van der Waals surface area contributed by atoms with E-state index in [4.69, 9.17) is 0 Å². The third-order valence-corrected chi connectivity index (χ3v) is 12.9. The van der Waals surface area contributed by atoms with Gasteiger partial charge in [0.1, 0.15) is 0 Å². The van der Waals surface area contributed by atoms with Gasteiger partial charge in [0, 0.05) is 11.1 Å². The molecule has 0 bridgehead atoms. The van der Waals surface area contributed by atoms with Crippen LogP contribution in [0.2, 0.25) is 0 Å². The van der Waals surface area contributed by atoms with Crippen LogP contribution in [-0.4, -0.2) is 0 Å². The molecule has 0 amide bonds.